The Bertz CT molecular complexity index is 459. The number of aromatic nitrogens is 3. The van der Waals surface area contributed by atoms with Crippen molar-refractivity contribution in [3.8, 4) is 0 Å². The maximum absolute atomic E-state index is 12.6. The Morgan fingerprint density at radius 2 is 2.19 bits per heavy atom. The molecule has 3 atom stereocenters. The summed E-state index contributed by atoms with van der Waals surface area (Å²) in [4.78, 5) is 18.6. The minimum absolute atomic E-state index is 0.301. The zero-order valence-electron chi connectivity index (χ0n) is 12.9. The molecule has 0 bridgehead atoms. The topological polar surface area (TPSA) is 51.0 Å². The first-order chi connectivity index (χ1) is 10.2. The van der Waals surface area contributed by atoms with E-state index in [2.05, 4.69) is 21.9 Å². The Balaban J connectivity index is 1.54. The number of carbonyl (C=O) groups is 1. The van der Waals surface area contributed by atoms with Crippen molar-refractivity contribution in [2.45, 2.75) is 57.9 Å². The van der Waals surface area contributed by atoms with E-state index in [0.717, 1.165) is 38.3 Å². The molecule has 21 heavy (non-hydrogen) atoms. The van der Waals surface area contributed by atoms with Crippen LogP contribution in [0.5, 0.6) is 0 Å². The summed E-state index contributed by atoms with van der Waals surface area (Å²) in [6.45, 7) is 4.02. The minimum Gasteiger partial charge on any atom is -0.341 e. The molecule has 0 spiro atoms. The van der Waals surface area contributed by atoms with E-state index in [9.17, 15) is 4.79 Å². The highest BCUT2D eigenvalue weighted by molar-refractivity contribution is 5.76. The van der Waals surface area contributed by atoms with E-state index in [1.165, 1.54) is 25.7 Å². The maximum atomic E-state index is 12.6. The summed E-state index contributed by atoms with van der Waals surface area (Å²) in [5.41, 5.74) is 0. The van der Waals surface area contributed by atoms with Crippen LogP contribution in [0.3, 0.4) is 0 Å². The van der Waals surface area contributed by atoms with E-state index in [1.54, 1.807) is 12.7 Å². The number of likely N-dealkylation sites (tertiary alicyclic amines) is 1. The molecule has 5 heteroatoms. The molecule has 1 aliphatic carbocycles. The predicted molar refractivity (Wildman–Crippen MR) is 80.6 cm³/mol. The van der Waals surface area contributed by atoms with Crippen LogP contribution in [0.2, 0.25) is 0 Å². The average molecular weight is 290 g/mol. The number of rotatable bonds is 3. The second-order valence-corrected chi connectivity index (χ2v) is 6.85. The molecule has 1 saturated heterocycles. The van der Waals surface area contributed by atoms with E-state index in [4.69, 9.17) is 0 Å². The van der Waals surface area contributed by atoms with E-state index in [1.807, 2.05) is 4.68 Å². The molecule has 2 aliphatic rings. The third-order valence-electron chi connectivity index (χ3n) is 5.07. The van der Waals surface area contributed by atoms with Crippen LogP contribution in [0.1, 0.15) is 57.9 Å². The fourth-order valence-electron chi connectivity index (χ4n) is 3.92. The van der Waals surface area contributed by atoms with E-state index >= 15 is 0 Å². The number of hydrogen-bond acceptors (Lipinski definition) is 3. The molecule has 1 saturated carbocycles. The molecule has 0 aromatic carbocycles. The standard InChI is InChI=1S/C16H26N4O/c1-13-4-2-5-14(8-13)9-16(21)19-7-3-6-15(10-19)20-12-17-11-18-20/h11-15H,2-10H2,1H3/t13-,14+,15+/m1/s1. The van der Waals surface area contributed by atoms with Crippen LogP contribution in [-0.2, 0) is 4.79 Å². The molecule has 2 heterocycles. The van der Waals surface area contributed by atoms with Crippen molar-refractivity contribution < 1.29 is 4.79 Å². The highest BCUT2D eigenvalue weighted by Crippen LogP contribution is 2.31. The molecular formula is C16H26N4O. The van der Waals surface area contributed by atoms with Crippen LogP contribution in [0.4, 0.5) is 0 Å². The molecule has 1 aliphatic heterocycles. The van der Waals surface area contributed by atoms with E-state index in [0.29, 0.717) is 17.9 Å². The van der Waals surface area contributed by atoms with Crippen LogP contribution in [0.25, 0.3) is 0 Å². The van der Waals surface area contributed by atoms with Gasteiger partial charge in [-0.15, -0.1) is 0 Å². The second-order valence-electron chi connectivity index (χ2n) is 6.85. The monoisotopic (exact) mass is 290 g/mol. The summed E-state index contributed by atoms with van der Waals surface area (Å²) in [7, 11) is 0. The molecular weight excluding hydrogens is 264 g/mol. The van der Waals surface area contributed by atoms with Crippen LogP contribution >= 0.6 is 0 Å². The minimum atomic E-state index is 0.301. The molecule has 0 unspecified atom stereocenters. The zero-order valence-corrected chi connectivity index (χ0v) is 12.9. The van der Waals surface area contributed by atoms with Gasteiger partial charge in [-0.2, -0.15) is 5.10 Å². The van der Waals surface area contributed by atoms with Gasteiger partial charge in [0.2, 0.25) is 5.91 Å². The van der Waals surface area contributed by atoms with Crippen LogP contribution in [0.15, 0.2) is 12.7 Å². The van der Waals surface area contributed by atoms with Gasteiger partial charge in [0.05, 0.1) is 6.04 Å². The Labute approximate surface area is 126 Å². The first-order valence-corrected chi connectivity index (χ1v) is 8.34. The summed E-state index contributed by atoms with van der Waals surface area (Å²) in [6, 6.07) is 0.301. The number of nitrogens with zero attached hydrogens (tertiary/aromatic N) is 4. The van der Waals surface area contributed by atoms with E-state index in [-0.39, 0.29) is 0 Å². The summed E-state index contributed by atoms with van der Waals surface area (Å²) < 4.78 is 1.90. The van der Waals surface area contributed by atoms with Crippen molar-refractivity contribution in [3.63, 3.8) is 0 Å². The van der Waals surface area contributed by atoms with Gasteiger partial charge in [-0.3, -0.25) is 4.79 Å². The van der Waals surface area contributed by atoms with Gasteiger partial charge in [-0.1, -0.05) is 19.8 Å². The molecule has 2 fully saturated rings. The molecule has 0 N–H and O–H groups in total. The summed E-state index contributed by atoms with van der Waals surface area (Å²) in [6.07, 6.45) is 11.3. The Kier molecular flexibility index (Phi) is 4.56. The summed E-state index contributed by atoms with van der Waals surface area (Å²) >= 11 is 0. The SMILES string of the molecule is C[C@@H]1CCC[C@H](CC(=O)N2CCC[C@H](n3cncn3)C2)C1. The largest absolute Gasteiger partial charge is 0.341 e. The highest BCUT2D eigenvalue weighted by Gasteiger charge is 2.28. The smallest absolute Gasteiger partial charge is 0.222 e. The Hall–Kier alpha value is -1.39. The molecule has 1 aromatic rings. The zero-order chi connectivity index (χ0) is 14.7. The average Bonchev–Trinajstić information content (AvgIpc) is 3.02. The van der Waals surface area contributed by atoms with Crippen molar-refractivity contribution in [3.05, 3.63) is 12.7 Å². The van der Waals surface area contributed by atoms with Gasteiger partial charge in [0.1, 0.15) is 12.7 Å². The lowest BCUT2D eigenvalue weighted by Crippen LogP contribution is -2.41. The van der Waals surface area contributed by atoms with Crippen molar-refractivity contribution >= 4 is 5.91 Å². The number of hydrogen-bond donors (Lipinski definition) is 0. The van der Waals surface area contributed by atoms with Gasteiger partial charge >= 0.3 is 0 Å². The molecule has 0 radical (unpaired) electrons. The summed E-state index contributed by atoms with van der Waals surface area (Å²) in [5.74, 6) is 1.74. The van der Waals surface area contributed by atoms with Crippen molar-refractivity contribution in [2.75, 3.05) is 13.1 Å². The molecule has 3 rings (SSSR count). The lowest BCUT2D eigenvalue weighted by atomic mass is 9.80. The molecule has 116 valence electrons. The third-order valence-corrected chi connectivity index (χ3v) is 5.07. The fraction of sp³-hybridized carbons (Fsp3) is 0.812. The summed E-state index contributed by atoms with van der Waals surface area (Å²) in [5, 5.41) is 4.23. The van der Waals surface area contributed by atoms with Crippen molar-refractivity contribution in [1.82, 2.24) is 19.7 Å². The number of amides is 1. The van der Waals surface area contributed by atoms with Crippen molar-refractivity contribution in [2.24, 2.45) is 11.8 Å². The lowest BCUT2D eigenvalue weighted by molar-refractivity contribution is -0.134. The number of piperidine rings is 1. The van der Waals surface area contributed by atoms with Crippen molar-refractivity contribution in [1.29, 1.82) is 0 Å². The second kappa shape index (κ2) is 6.58. The molecule has 1 amide bonds. The quantitative estimate of drug-likeness (QED) is 0.860. The normalized spacial score (nSPS) is 30.3. The first kappa shape index (κ1) is 14.5. The van der Waals surface area contributed by atoms with Gasteiger partial charge in [-0.05, 0) is 37.5 Å². The van der Waals surface area contributed by atoms with Crippen LogP contribution < -0.4 is 0 Å². The van der Waals surface area contributed by atoms with Gasteiger partial charge in [-0.25, -0.2) is 9.67 Å². The van der Waals surface area contributed by atoms with Gasteiger partial charge in [0.25, 0.3) is 0 Å². The van der Waals surface area contributed by atoms with Crippen LogP contribution in [-0.4, -0.2) is 38.7 Å². The van der Waals surface area contributed by atoms with E-state index < -0.39 is 0 Å². The van der Waals surface area contributed by atoms with Gasteiger partial charge < -0.3 is 4.90 Å². The maximum Gasteiger partial charge on any atom is 0.222 e. The van der Waals surface area contributed by atoms with Crippen LogP contribution in [0, 0.1) is 11.8 Å². The first-order valence-electron chi connectivity index (χ1n) is 8.34. The molecule has 5 nitrogen and oxygen atoms in total. The third kappa shape index (κ3) is 3.63. The predicted octanol–water partition coefficient (Wildman–Crippen LogP) is 2.66. The fourth-order valence-corrected chi connectivity index (χ4v) is 3.92. The lowest BCUT2D eigenvalue weighted by Gasteiger charge is -2.34. The molecule has 1 aromatic heterocycles. The number of carbonyl (C=O) groups excluding carboxylic acids is 1. The Morgan fingerprint density at radius 1 is 1.29 bits per heavy atom. The van der Waals surface area contributed by atoms with Gasteiger partial charge in [0, 0.05) is 19.5 Å². The highest BCUT2D eigenvalue weighted by atomic mass is 16.2. The Morgan fingerprint density at radius 3 is 2.95 bits per heavy atom. The van der Waals surface area contributed by atoms with Gasteiger partial charge in [0.15, 0.2) is 0 Å².